The van der Waals surface area contributed by atoms with Crippen molar-refractivity contribution in [1.82, 2.24) is 4.98 Å². The van der Waals surface area contributed by atoms with Gasteiger partial charge in [0.1, 0.15) is 0 Å². The van der Waals surface area contributed by atoms with Gasteiger partial charge < -0.3 is 5.32 Å². The van der Waals surface area contributed by atoms with E-state index in [1.165, 1.54) is 12.8 Å². The lowest BCUT2D eigenvalue weighted by molar-refractivity contribution is -0.111. The summed E-state index contributed by atoms with van der Waals surface area (Å²) in [6, 6.07) is 15.6. The molecule has 3 rings (SSSR count). The van der Waals surface area contributed by atoms with Crippen molar-refractivity contribution in [2.45, 2.75) is 24.1 Å². The Kier molecular flexibility index (Phi) is 6.25. The normalized spacial score (nSPS) is 11.2. The Labute approximate surface area is 156 Å². The number of thioether (sulfide) groups is 1. The smallest absolute Gasteiger partial charge is 0.248 e. The van der Waals surface area contributed by atoms with Crippen LogP contribution in [0.2, 0.25) is 0 Å². The van der Waals surface area contributed by atoms with Crippen molar-refractivity contribution in [2.75, 3.05) is 11.1 Å². The number of rotatable bonds is 7. The summed E-state index contributed by atoms with van der Waals surface area (Å²) in [5.74, 6) is 0.967. The first kappa shape index (κ1) is 17.7. The summed E-state index contributed by atoms with van der Waals surface area (Å²) in [7, 11) is 0. The first-order chi connectivity index (χ1) is 12.2. The molecule has 0 saturated carbocycles. The maximum atomic E-state index is 12.1. The van der Waals surface area contributed by atoms with Crippen LogP contribution in [0, 0.1) is 0 Å². The van der Waals surface area contributed by atoms with Gasteiger partial charge in [-0.15, -0.1) is 11.3 Å². The standard InChI is InChI=1S/C20H20N2OS2/c1-2-3-13-24-20-22-17-11-10-16(14-18(17)25-20)21-19(23)12-9-15-7-5-4-6-8-15/h4-12,14H,2-3,13H2,1H3,(H,21,23). The number of nitrogens with one attached hydrogen (secondary N) is 1. The molecule has 1 N–H and O–H groups in total. The Hall–Kier alpha value is -2.11. The predicted molar refractivity (Wildman–Crippen MR) is 109 cm³/mol. The molecule has 25 heavy (non-hydrogen) atoms. The third-order valence-electron chi connectivity index (χ3n) is 3.59. The number of aromatic nitrogens is 1. The fourth-order valence-corrected chi connectivity index (χ4v) is 4.53. The van der Waals surface area contributed by atoms with Crippen LogP contribution >= 0.6 is 23.1 Å². The summed E-state index contributed by atoms with van der Waals surface area (Å²) in [5, 5.41) is 2.91. The van der Waals surface area contributed by atoms with E-state index in [-0.39, 0.29) is 5.91 Å². The van der Waals surface area contributed by atoms with Gasteiger partial charge in [-0.3, -0.25) is 4.79 Å². The number of hydrogen-bond acceptors (Lipinski definition) is 4. The fraction of sp³-hybridized carbons (Fsp3) is 0.200. The summed E-state index contributed by atoms with van der Waals surface area (Å²) < 4.78 is 2.19. The van der Waals surface area contributed by atoms with E-state index in [0.29, 0.717) is 0 Å². The molecular weight excluding hydrogens is 348 g/mol. The maximum Gasteiger partial charge on any atom is 0.248 e. The molecule has 128 valence electrons. The Morgan fingerprint density at radius 1 is 1.24 bits per heavy atom. The molecular formula is C20H20N2OS2. The first-order valence-corrected chi connectivity index (χ1v) is 10.1. The molecule has 3 nitrogen and oxygen atoms in total. The lowest BCUT2D eigenvalue weighted by Crippen LogP contribution is -2.07. The molecule has 0 aliphatic heterocycles. The van der Waals surface area contributed by atoms with E-state index in [4.69, 9.17) is 0 Å². The summed E-state index contributed by atoms with van der Waals surface area (Å²) in [5.41, 5.74) is 2.79. The molecule has 1 aromatic heterocycles. The van der Waals surface area contributed by atoms with Gasteiger partial charge in [-0.1, -0.05) is 55.4 Å². The maximum absolute atomic E-state index is 12.1. The number of thiazole rings is 1. The molecule has 5 heteroatoms. The van der Waals surface area contributed by atoms with Gasteiger partial charge in [0.05, 0.1) is 10.2 Å². The van der Waals surface area contributed by atoms with Crippen LogP contribution in [0.15, 0.2) is 58.9 Å². The lowest BCUT2D eigenvalue weighted by atomic mass is 10.2. The number of amides is 1. The summed E-state index contributed by atoms with van der Waals surface area (Å²) in [4.78, 5) is 16.7. The van der Waals surface area contributed by atoms with Gasteiger partial charge in [0.15, 0.2) is 4.34 Å². The first-order valence-electron chi connectivity index (χ1n) is 8.32. The van der Waals surface area contributed by atoms with Crippen molar-refractivity contribution in [3.63, 3.8) is 0 Å². The molecule has 0 atom stereocenters. The number of carbonyl (C=O) groups excluding carboxylic acids is 1. The molecule has 0 spiro atoms. The van der Waals surface area contributed by atoms with Gasteiger partial charge in [-0.2, -0.15) is 0 Å². The minimum absolute atomic E-state index is 0.134. The zero-order chi connectivity index (χ0) is 17.5. The van der Waals surface area contributed by atoms with Crippen molar-refractivity contribution >= 4 is 51.0 Å². The third-order valence-corrected chi connectivity index (χ3v) is 5.83. The zero-order valence-electron chi connectivity index (χ0n) is 14.1. The van der Waals surface area contributed by atoms with Gasteiger partial charge in [0, 0.05) is 17.5 Å². The van der Waals surface area contributed by atoms with Gasteiger partial charge in [-0.05, 0) is 36.3 Å². The molecule has 0 bridgehead atoms. The number of anilines is 1. The number of fused-ring (bicyclic) bond motifs is 1. The van der Waals surface area contributed by atoms with Crippen molar-refractivity contribution in [2.24, 2.45) is 0 Å². The lowest BCUT2D eigenvalue weighted by Gasteiger charge is -2.01. The zero-order valence-corrected chi connectivity index (χ0v) is 15.7. The van der Waals surface area contributed by atoms with Crippen LogP contribution < -0.4 is 5.32 Å². The van der Waals surface area contributed by atoms with Crippen molar-refractivity contribution in [3.05, 3.63) is 60.2 Å². The monoisotopic (exact) mass is 368 g/mol. The highest BCUT2D eigenvalue weighted by Crippen LogP contribution is 2.31. The topological polar surface area (TPSA) is 42.0 Å². The third kappa shape index (κ3) is 5.18. The molecule has 0 saturated heterocycles. The molecule has 0 fully saturated rings. The van der Waals surface area contributed by atoms with Crippen molar-refractivity contribution in [3.8, 4) is 0 Å². The van der Waals surface area contributed by atoms with Crippen molar-refractivity contribution < 1.29 is 4.79 Å². The number of benzene rings is 2. The quantitative estimate of drug-likeness (QED) is 0.323. The highest BCUT2D eigenvalue weighted by molar-refractivity contribution is 8.01. The van der Waals surface area contributed by atoms with Crippen LogP contribution in [-0.2, 0) is 4.79 Å². The van der Waals surface area contributed by atoms with Crippen LogP contribution in [0.5, 0.6) is 0 Å². The molecule has 3 aromatic rings. The molecule has 0 aliphatic rings. The molecule has 0 aliphatic carbocycles. The largest absolute Gasteiger partial charge is 0.322 e. The highest BCUT2D eigenvalue weighted by atomic mass is 32.2. The second kappa shape index (κ2) is 8.83. The van der Waals surface area contributed by atoms with Gasteiger partial charge >= 0.3 is 0 Å². The number of nitrogens with zero attached hydrogens (tertiary/aromatic N) is 1. The van der Waals surface area contributed by atoms with Gasteiger partial charge in [-0.25, -0.2) is 4.98 Å². The van der Waals surface area contributed by atoms with E-state index < -0.39 is 0 Å². The Balaban J connectivity index is 1.65. The average Bonchev–Trinajstić information content (AvgIpc) is 3.03. The Morgan fingerprint density at radius 2 is 2.08 bits per heavy atom. The Morgan fingerprint density at radius 3 is 2.88 bits per heavy atom. The predicted octanol–water partition coefficient (Wildman–Crippen LogP) is 5.84. The van der Waals surface area contributed by atoms with Crippen LogP contribution in [0.25, 0.3) is 16.3 Å². The van der Waals surface area contributed by atoms with E-state index in [9.17, 15) is 4.79 Å². The van der Waals surface area contributed by atoms with E-state index in [1.54, 1.807) is 29.2 Å². The minimum Gasteiger partial charge on any atom is -0.322 e. The van der Waals surface area contributed by atoms with Gasteiger partial charge in [0.25, 0.3) is 0 Å². The van der Waals surface area contributed by atoms with Crippen LogP contribution in [0.3, 0.4) is 0 Å². The minimum atomic E-state index is -0.134. The van der Waals surface area contributed by atoms with Crippen LogP contribution in [-0.4, -0.2) is 16.6 Å². The Bertz CT molecular complexity index is 872. The summed E-state index contributed by atoms with van der Waals surface area (Å²) in [6.07, 6.45) is 5.77. The van der Waals surface area contributed by atoms with E-state index in [0.717, 1.165) is 31.6 Å². The number of hydrogen-bond donors (Lipinski definition) is 1. The fourth-order valence-electron chi connectivity index (χ4n) is 2.27. The molecule has 1 heterocycles. The van der Waals surface area contributed by atoms with Crippen molar-refractivity contribution in [1.29, 1.82) is 0 Å². The average molecular weight is 369 g/mol. The number of unbranched alkanes of at least 4 members (excludes halogenated alkanes) is 1. The summed E-state index contributed by atoms with van der Waals surface area (Å²) in [6.45, 7) is 2.19. The van der Waals surface area contributed by atoms with E-state index >= 15 is 0 Å². The molecule has 1 amide bonds. The molecule has 0 radical (unpaired) electrons. The van der Waals surface area contributed by atoms with Crippen LogP contribution in [0.4, 0.5) is 5.69 Å². The van der Waals surface area contributed by atoms with Gasteiger partial charge in [0.2, 0.25) is 5.91 Å². The summed E-state index contributed by atoms with van der Waals surface area (Å²) >= 11 is 3.49. The second-order valence-electron chi connectivity index (χ2n) is 5.60. The highest BCUT2D eigenvalue weighted by Gasteiger charge is 2.06. The second-order valence-corrected chi connectivity index (χ2v) is 7.97. The van der Waals surface area contributed by atoms with E-state index in [2.05, 4.69) is 17.2 Å². The van der Waals surface area contributed by atoms with E-state index in [1.807, 2.05) is 54.6 Å². The molecule has 0 unspecified atom stereocenters. The SMILES string of the molecule is CCCCSc1nc2ccc(NC(=O)C=Cc3ccccc3)cc2s1. The molecule has 2 aromatic carbocycles. The van der Waals surface area contributed by atoms with Crippen LogP contribution in [0.1, 0.15) is 25.3 Å². The number of carbonyl (C=O) groups is 1.